The Morgan fingerprint density at radius 1 is 1.08 bits per heavy atom. The molecular weight excluding hydrogens is 336 g/mol. The van der Waals surface area contributed by atoms with E-state index in [1.807, 2.05) is 0 Å². The van der Waals surface area contributed by atoms with Gasteiger partial charge in [-0.1, -0.05) is 0 Å². The van der Waals surface area contributed by atoms with Gasteiger partial charge in [0.2, 0.25) is 0 Å². The fourth-order valence-electron chi connectivity index (χ4n) is 2.01. The molecule has 10 nitrogen and oxygen atoms in total. The third-order valence-corrected chi connectivity index (χ3v) is 3.38. The van der Waals surface area contributed by atoms with Gasteiger partial charge in [0.15, 0.2) is 5.75 Å². The first-order valence-corrected chi connectivity index (χ1v) is 7.33. The maximum absolute atomic E-state index is 11.8. The summed E-state index contributed by atoms with van der Waals surface area (Å²) in [5.41, 5.74) is 9.98. The number of hydrogen-bond acceptors (Lipinski definition) is 8. The van der Waals surface area contributed by atoms with Crippen LogP contribution < -0.4 is 16.2 Å². The summed E-state index contributed by atoms with van der Waals surface area (Å²) in [6.07, 6.45) is -3.62. The normalized spacial score (nSPS) is 13.0. The molecule has 138 valence electrons. The van der Waals surface area contributed by atoms with Crippen LogP contribution in [0.2, 0.25) is 0 Å². The number of phenols is 1. The number of aliphatic carboxylic acids is 1. The van der Waals surface area contributed by atoms with Crippen molar-refractivity contribution in [3.05, 3.63) is 17.7 Å². The zero-order valence-electron chi connectivity index (χ0n) is 13.2. The highest BCUT2D eigenvalue weighted by Crippen LogP contribution is 2.32. The van der Waals surface area contributed by atoms with Crippen LogP contribution in [0.5, 0.6) is 11.5 Å². The summed E-state index contributed by atoms with van der Waals surface area (Å²) in [4.78, 5) is 33.6. The molecule has 0 saturated carbocycles. The number of aromatic hydroxyl groups is 1. The number of carboxylic acid groups (broad SMARTS) is 1. The maximum atomic E-state index is 11.8. The first-order valence-electron chi connectivity index (χ1n) is 7.33. The molecule has 0 fully saturated rings. The van der Waals surface area contributed by atoms with Crippen molar-refractivity contribution >= 4 is 23.5 Å². The molecule has 25 heavy (non-hydrogen) atoms. The van der Waals surface area contributed by atoms with Crippen molar-refractivity contribution in [2.24, 2.45) is 5.73 Å². The summed E-state index contributed by atoms with van der Waals surface area (Å²) in [7, 11) is 0. The lowest BCUT2D eigenvalue weighted by Crippen LogP contribution is -2.28. The van der Waals surface area contributed by atoms with E-state index < -0.39 is 41.4 Å². The minimum Gasteiger partial charge on any atom is -0.505 e. The smallest absolute Gasteiger partial charge is 0.311 e. The van der Waals surface area contributed by atoms with Crippen molar-refractivity contribution in [3.63, 3.8) is 0 Å². The molecule has 1 aromatic carbocycles. The van der Waals surface area contributed by atoms with Gasteiger partial charge in [-0.25, -0.2) is 0 Å². The van der Waals surface area contributed by atoms with Crippen molar-refractivity contribution in [2.45, 2.75) is 37.9 Å². The van der Waals surface area contributed by atoms with Crippen LogP contribution >= 0.6 is 0 Å². The van der Waals surface area contributed by atoms with Crippen molar-refractivity contribution < 1.29 is 39.5 Å². The van der Waals surface area contributed by atoms with E-state index in [4.69, 9.17) is 21.3 Å². The molecule has 0 aliphatic heterocycles. The number of aliphatic hydroxyl groups is 2. The number of nitrogens with two attached hydrogens (primary N) is 2. The average molecular weight is 356 g/mol. The Morgan fingerprint density at radius 2 is 1.64 bits per heavy atom. The first-order chi connectivity index (χ1) is 11.6. The summed E-state index contributed by atoms with van der Waals surface area (Å²) in [5, 5.41) is 37.5. The average Bonchev–Trinajstić information content (AvgIpc) is 2.53. The summed E-state index contributed by atoms with van der Waals surface area (Å²) >= 11 is 0. The van der Waals surface area contributed by atoms with E-state index in [0.717, 1.165) is 0 Å². The predicted molar refractivity (Wildman–Crippen MR) is 84.8 cm³/mol. The number of primary amides is 1. The lowest BCUT2D eigenvalue weighted by molar-refractivity contribution is -0.139. The Bertz CT molecular complexity index is 661. The van der Waals surface area contributed by atoms with Gasteiger partial charge in [-0.05, 0) is 25.0 Å². The number of nitrogen functional groups attached to an aromatic ring is 1. The number of carboxylic acids is 1. The molecule has 8 N–H and O–H groups in total. The van der Waals surface area contributed by atoms with Crippen LogP contribution in [0.4, 0.5) is 5.69 Å². The highest BCUT2D eigenvalue weighted by atomic mass is 16.5. The molecule has 1 rings (SSSR count). The molecule has 0 aliphatic carbocycles. The Labute approximate surface area is 142 Å². The minimum atomic E-state index is -1.32. The third kappa shape index (κ3) is 5.94. The molecule has 1 amide bonds. The number of anilines is 1. The van der Waals surface area contributed by atoms with E-state index in [9.17, 15) is 29.7 Å². The molecule has 0 aromatic heterocycles. The molecule has 10 heteroatoms. The highest BCUT2D eigenvalue weighted by Gasteiger charge is 2.22. The third-order valence-electron chi connectivity index (χ3n) is 3.38. The van der Waals surface area contributed by atoms with Crippen LogP contribution in [0.25, 0.3) is 0 Å². The number of esters is 1. The number of benzene rings is 1. The summed E-state index contributed by atoms with van der Waals surface area (Å²) in [5.74, 6) is -3.91. The molecular formula is C15H20N2O8. The molecule has 2 unspecified atom stereocenters. The van der Waals surface area contributed by atoms with Crippen LogP contribution in [0.15, 0.2) is 12.1 Å². The van der Waals surface area contributed by atoms with Gasteiger partial charge in [-0.2, -0.15) is 0 Å². The van der Waals surface area contributed by atoms with Gasteiger partial charge < -0.3 is 36.6 Å². The van der Waals surface area contributed by atoms with Gasteiger partial charge in [0.05, 0.1) is 17.9 Å². The minimum absolute atomic E-state index is 0.120. The molecule has 0 radical (unpaired) electrons. The van der Waals surface area contributed by atoms with Crippen LogP contribution in [0.1, 0.15) is 36.0 Å². The number of carbonyl (C=O) groups excluding carboxylic acids is 2. The van der Waals surface area contributed by atoms with Gasteiger partial charge in [-0.15, -0.1) is 0 Å². The molecule has 0 spiro atoms. The van der Waals surface area contributed by atoms with Crippen molar-refractivity contribution in [2.75, 3.05) is 5.73 Å². The largest absolute Gasteiger partial charge is 0.505 e. The summed E-state index contributed by atoms with van der Waals surface area (Å²) < 4.78 is 4.93. The van der Waals surface area contributed by atoms with E-state index in [-0.39, 0.29) is 37.1 Å². The second kappa shape index (κ2) is 8.85. The van der Waals surface area contributed by atoms with Crippen LogP contribution in [0, 0.1) is 0 Å². The summed E-state index contributed by atoms with van der Waals surface area (Å²) in [6, 6.07) is 2.40. The van der Waals surface area contributed by atoms with Crippen LogP contribution in [-0.4, -0.2) is 50.5 Å². The number of aliphatic hydroxyl groups excluding tert-OH is 2. The van der Waals surface area contributed by atoms with E-state index in [0.29, 0.717) is 0 Å². The molecule has 0 aliphatic rings. The molecule has 2 atom stereocenters. The van der Waals surface area contributed by atoms with Crippen molar-refractivity contribution in [1.29, 1.82) is 0 Å². The van der Waals surface area contributed by atoms with Crippen LogP contribution in [0.3, 0.4) is 0 Å². The van der Waals surface area contributed by atoms with E-state index in [1.165, 1.54) is 12.1 Å². The Balaban J connectivity index is 2.65. The second-order valence-corrected chi connectivity index (χ2v) is 5.32. The number of hydrogen-bond donors (Lipinski definition) is 6. The second-order valence-electron chi connectivity index (χ2n) is 5.32. The summed E-state index contributed by atoms with van der Waals surface area (Å²) in [6.45, 7) is 0. The Hall–Kier alpha value is -2.85. The van der Waals surface area contributed by atoms with Crippen molar-refractivity contribution in [3.8, 4) is 11.5 Å². The Morgan fingerprint density at radius 3 is 2.16 bits per heavy atom. The lowest BCUT2D eigenvalue weighted by atomic mass is 10.0. The molecule has 0 bridgehead atoms. The number of amides is 1. The van der Waals surface area contributed by atoms with E-state index >= 15 is 0 Å². The molecule has 0 saturated heterocycles. The zero-order valence-corrected chi connectivity index (χ0v) is 13.2. The zero-order chi connectivity index (χ0) is 19.1. The van der Waals surface area contributed by atoms with Gasteiger partial charge in [0.1, 0.15) is 11.3 Å². The standard InChI is InChI=1S/C15H20N2O8/c16-7-1-4-10(13(14(7)23)15(17)24)25-12(22)6-3-9(19)8(18)2-5-11(20)21/h1,4,8-9,18-19,23H,2-3,5-6,16H2,(H2,17,24)(H,20,21). The Kier molecular flexibility index (Phi) is 7.15. The van der Waals surface area contributed by atoms with Gasteiger partial charge in [0.25, 0.3) is 5.91 Å². The fraction of sp³-hybridized carbons (Fsp3) is 0.400. The fourth-order valence-corrected chi connectivity index (χ4v) is 2.01. The number of ether oxygens (including phenoxy) is 1. The van der Waals surface area contributed by atoms with E-state index in [2.05, 4.69) is 0 Å². The van der Waals surface area contributed by atoms with Gasteiger partial charge in [0, 0.05) is 12.8 Å². The van der Waals surface area contributed by atoms with Gasteiger partial charge in [-0.3, -0.25) is 14.4 Å². The highest BCUT2D eigenvalue weighted by molar-refractivity contribution is 6.00. The number of carbonyl (C=O) groups is 3. The molecule has 1 aromatic rings. The lowest BCUT2D eigenvalue weighted by Gasteiger charge is -2.16. The first kappa shape index (κ1) is 20.2. The topological polar surface area (TPSA) is 193 Å². The monoisotopic (exact) mass is 356 g/mol. The maximum Gasteiger partial charge on any atom is 0.311 e. The predicted octanol–water partition coefficient (Wildman–Crippen LogP) is -0.655. The quantitative estimate of drug-likeness (QED) is 0.144. The van der Waals surface area contributed by atoms with Crippen molar-refractivity contribution in [1.82, 2.24) is 0 Å². The number of rotatable bonds is 9. The van der Waals surface area contributed by atoms with E-state index in [1.54, 1.807) is 0 Å². The SMILES string of the molecule is NC(=O)c1c(OC(=O)CCC(O)C(O)CCC(=O)O)ccc(N)c1O. The van der Waals surface area contributed by atoms with Crippen LogP contribution in [-0.2, 0) is 9.59 Å². The molecule has 0 heterocycles. The van der Waals surface area contributed by atoms with Gasteiger partial charge >= 0.3 is 11.9 Å².